The SMILES string of the molecule is CNc1cc(CN(C)Cc2ccc(-c3ccccc3)cc2)nc([C@H]2CCCN2)n1. The Kier molecular flexibility index (Phi) is 6.17. The van der Waals surface area contributed by atoms with Crippen LogP contribution >= 0.6 is 0 Å². The molecule has 0 amide bonds. The highest BCUT2D eigenvalue weighted by Gasteiger charge is 2.20. The molecule has 29 heavy (non-hydrogen) atoms. The molecule has 1 atom stereocenters. The van der Waals surface area contributed by atoms with Gasteiger partial charge in [0.25, 0.3) is 0 Å². The van der Waals surface area contributed by atoms with Crippen molar-refractivity contribution in [3.63, 3.8) is 0 Å². The summed E-state index contributed by atoms with van der Waals surface area (Å²) >= 11 is 0. The topological polar surface area (TPSA) is 53.1 Å². The number of nitrogens with one attached hydrogen (secondary N) is 2. The maximum absolute atomic E-state index is 4.84. The van der Waals surface area contributed by atoms with Gasteiger partial charge in [0.05, 0.1) is 11.7 Å². The van der Waals surface area contributed by atoms with Gasteiger partial charge in [-0.05, 0) is 43.1 Å². The van der Waals surface area contributed by atoms with E-state index in [1.165, 1.54) is 23.1 Å². The summed E-state index contributed by atoms with van der Waals surface area (Å²) in [6.07, 6.45) is 2.29. The molecule has 150 valence electrons. The van der Waals surface area contributed by atoms with E-state index in [0.717, 1.165) is 43.4 Å². The standard InChI is InChI=1S/C24H29N5/c1-25-23-15-21(27-24(28-23)22-9-6-14-26-22)17-29(2)16-18-10-12-20(13-11-18)19-7-4-3-5-8-19/h3-5,7-8,10-13,15,22,26H,6,9,14,16-17H2,1-2H3,(H,25,27,28)/t22-/m1/s1. The fraction of sp³-hybridized carbons (Fsp3) is 0.333. The second kappa shape index (κ2) is 9.16. The van der Waals surface area contributed by atoms with Crippen molar-refractivity contribution in [1.29, 1.82) is 0 Å². The minimum atomic E-state index is 0.276. The lowest BCUT2D eigenvalue weighted by Gasteiger charge is -2.18. The van der Waals surface area contributed by atoms with E-state index >= 15 is 0 Å². The van der Waals surface area contributed by atoms with Crippen LogP contribution in [0.3, 0.4) is 0 Å². The number of nitrogens with zero attached hydrogens (tertiary/aromatic N) is 3. The molecule has 2 N–H and O–H groups in total. The molecule has 1 aliphatic heterocycles. The van der Waals surface area contributed by atoms with Gasteiger partial charge in [0.15, 0.2) is 0 Å². The van der Waals surface area contributed by atoms with Crippen molar-refractivity contribution in [2.75, 3.05) is 26.0 Å². The maximum Gasteiger partial charge on any atom is 0.147 e. The van der Waals surface area contributed by atoms with E-state index < -0.39 is 0 Å². The summed E-state index contributed by atoms with van der Waals surface area (Å²) < 4.78 is 0. The smallest absolute Gasteiger partial charge is 0.147 e. The van der Waals surface area contributed by atoms with Crippen molar-refractivity contribution >= 4 is 5.82 Å². The summed E-state index contributed by atoms with van der Waals surface area (Å²) in [4.78, 5) is 11.8. The van der Waals surface area contributed by atoms with Crippen LogP contribution in [0.2, 0.25) is 0 Å². The van der Waals surface area contributed by atoms with Crippen LogP contribution in [-0.2, 0) is 13.1 Å². The third kappa shape index (κ3) is 5.00. The predicted octanol–water partition coefficient (Wildman–Crippen LogP) is 4.24. The molecule has 0 saturated carbocycles. The summed E-state index contributed by atoms with van der Waals surface area (Å²) in [5.41, 5.74) is 4.85. The van der Waals surface area contributed by atoms with Gasteiger partial charge in [-0.2, -0.15) is 0 Å². The molecule has 5 heteroatoms. The van der Waals surface area contributed by atoms with Crippen LogP contribution in [0.15, 0.2) is 60.7 Å². The van der Waals surface area contributed by atoms with Gasteiger partial charge in [0.1, 0.15) is 11.6 Å². The van der Waals surface area contributed by atoms with Gasteiger partial charge in [0, 0.05) is 26.2 Å². The molecule has 1 aliphatic rings. The first kappa shape index (κ1) is 19.6. The molecule has 4 rings (SSSR count). The van der Waals surface area contributed by atoms with Crippen LogP contribution in [-0.4, -0.2) is 35.5 Å². The Bertz CT molecular complexity index is 918. The van der Waals surface area contributed by atoms with Gasteiger partial charge in [-0.1, -0.05) is 54.6 Å². The van der Waals surface area contributed by atoms with E-state index in [9.17, 15) is 0 Å². The maximum atomic E-state index is 4.84. The lowest BCUT2D eigenvalue weighted by molar-refractivity contribution is 0.314. The minimum absolute atomic E-state index is 0.276. The summed E-state index contributed by atoms with van der Waals surface area (Å²) in [5.74, 6) is 1.80. The van der Waals surface area contributed by atoms with Gasteiger partial charge < -0.3 is 10.6 Å². The van der Waals surface area contributed by atoms with Gasteiger partial charge in [-0.25, -0.2) is 9.97 Å². The van der Waals surface area contributed by atoms with Gasteiger partial charge in [-0.3, -0.25) is 4.90 Å². The first-order valence-corrected chi connectivity index (χ1v) is 10.3. The number of benzene rings is 2. The van der Waals surface area contributed by atoms with E-state index in [1.54, 1.807) is 0 Å². The van der Waals surface area contributed by atoms with Crippen molar-refractivity contribution in [3.8, 4) is 11.1 Å². The van der Waals surface area contributed by atoms with Crippen LogP contribution in [0.25, 0.3) is 11.1 Å². The first-order valence-electron chi connectivity index (χ1n) is 10.3. The third-order valence-corrected chi connectivity index (χ3v) is 5.37. The van der Waals surface area contributed by atoms with E-state index in [-0.39, 0.29) is 6.04 Å². The van der Waals surface area contributed by atoms with Crippen molar-refractivity contribution in [2.24, 2.45) is 0 Å². The Hall–Kier alpha value is -2.76. The molecule has 1 fully saturated rings. The van der Waals surface area contributed by atoms with Crippen LogP contribution in [0.1, 0.15) is 36.0 Å². The largest absolute Gasteiger partial charge is 0.373 e. The van der Waals surface area contributed by atoms with Crippen molar-refractivity contribution < 1.29 is 0 Å². The lowest BCUT2D eigenvalue weighted by atomic mass is 10.0. The Morgan fingerprint density at radius 1 is 1.00 bits per heavy atom. The van der Waals surface area contributed by atoms with E-state index in [0.29, 0.717) is 0 Å². The Morgan fingerprint density at radius 2 is 1.76 bits per heavy atom. The van der Waals surface area contributed by atoms with Crippen LogP contribution < -0.4 is 10.6 Å². The molecule has 0 unspecified atom stereocenters. The fourth-order valence-electron chi connectivity index (χ4n) is 3.87. The molecule has 1 aromatic heterocycles. The van der Waals surface area contributed by atoms with E-state index in [2.05, 4.69) is 76.1 Å². The lowest BCUT2D eigenvalue weighted by Crippen LogP contribution is -2.21. The van der Waals surface area contributed by atoms with Crippen molar-refractivity contribution in [2.45, 2.75) is 32.0 Å². The predicted molar refractivity (Wildman–Crippen MR) is 119 cm³/mol. The Balaban J connectivity index is 1.42. The summed E-state index contributed by atoms with van der Waals surface area (Å²) in [7, 11) is 4.05. The number of hydrogen-bond acceptors (Lipinski definition) is 5. The summed E-state index contributed by atoms with van der Waals surface area (Å²) in [5, 5.41) is 6.68. The molecule has 2 heterocycles. The molecule has 5 nitrogen and oxygen atoms in total. The van der Waals surface area contributed by atoms with E-state index in [4.69, 9.17) is 4.98 Å². The third-order valence-electron chi connectivity index (χ3n) is 5.37. The highest BCUT2D eigenvalue weighted by molar-refractivity contribution is 5.63. The van der Waals surface area contributed by atoms with Gasteiger partial charge in [-0.15, -0.1) is 0 Å². The molecule has 1 saturated heterocycles. The zero-order chi connectivity index (χ0) is 20.1. The Morgan fingerprint density at radius 3 is 2.45 bits per heavy atom. The van der Waals surface area contributed by atoms with Crippen molar-refractivity contribution in [1.82, 2.24) is 20.2 Å². The normalized spacial score (nSPS) is 16.3. The van der Waals surface area contributed by atoms with Crippen LogP contribution in [0, 0.1) is 0 Å². The molecule has 0 spiro atoms. The Labute approximate surface area is 173 Å². The quantitative estimate of drug-likeness (QED) is 0.635. The minimum Gasteiger partial charge on any atom is -0.373 e. The highest BCUT2D eigenvalue weighted by atomic mass is 15.1. The fourth-order valence-corrected chi connectivity index (χ4v) is 3.87. The van der Waals surface area contributed by atoms with Crippen LogP contribution in [0.4, 0.5) is 5.82 Å². The highest BCUT2D eigenvalue weighted by Crippen LogP contribution is 2.23. The average Bonchev–Trinajstić information content (AvgIpc) is 3.29. The zero-order valence-corrected chi connectivity index (χ0v) is 17.2. The molecular weight excluding hydrogens is 358 g/mol. The summed E-state index contributed by atoms with van der Waals surface area (Å²) in [6, 6.07) is 21.6. The number of anilines is 1. The molecular formula is C24H29N5. The second-order valence-corrected chi connectivity index (χ2v) is 7.74. The zero-order valence-electron chi connectivity index (χ0n) is 17.2. The number of hydrogen-bond donors (Lipinski definition) is 2. The monoisotopic (exact) mass is 387 g/mol. The second-order valence-electron chi connectivity index (χ2n) is 7.74. The molecule has 0 radical (unpaired) electrons. The van der Waals surface area contributed by atoms with Gasteiger partial charge in [0.2, 0.25) is 0 Å². The number of rotatable bonds is 7. The first-order chi connectivity index (χ1) is 14.2. The average molecular weight is 388 g/mol. The van der Waals surface area contributed by atoms with Gasteiger partial charge >= 0.3 is 0 Å². The summed E-state index contributed by atoms with van der Waals surface area (Å²) in [6.45, 7) is 2.72. The van der Waals surface area contributed by atoms with Crippen molar-refractivity contribution in [3.05, 3.63) is 77.7 Å². The molecule has 0 bridgehead atoms. The van der Waals surface area contributed by atoms with E-state index in [1.807, 2.05) is 19.2 Å². The molecule has 2 aromatic carbocycles. The van der Waals surface area contributed by atoms with Crippen LogP contribution in [0.5, 0.6) is 0 Å². The molecule has 3 aromatic rings. The number of aromatic nitrogens is 2. The molecule has 0 aliphatic carbocycles.